The topological polar surface area (TPSA) is 34.2 Å². The smallest absolute Gasteiger partial charge is 0.142 e. The van der Waals surface area contributed by atoms with E-state index < -0.39 is 0 Å². The monoisotopic (exact) mass is 290 g/mol. The maximum absolute atomic E-state index is 6.12. The lowest BCUT2D eigenvalue weighted by atomic mass is 10.2. The first-order valence-corrected chi connectivity index (χ1v) is 7.19. The molecule has 1 N–H and O–H groups in total. The molecule has 1 aromatic heterocycles. The van der Waals surface area contributed by atoms with Crippen molar-refractivity contribution < 1.29 is 4.74 Å². The molecule has 2 aromatic rings. The summed E-state index contributed by atoms with van der Waals surface area (Å²) in [6.45, 7) is 4.38. The molecule has 4 heteroatoms. The Morgan fingerprint density at radius 1 is 1.20 bits per heavy atom. The molecule has 0 atom stereocenters. The number of hydrogen-bond acceptors (Lipinski definition) is 3. The second kappa shape index (κ2) is 7.88. The third-order valence-corrected chi connectivity index (χ3v) is 3.32. The molecule has 0 spiro atoms. The Kier molecular flexibility index (Phi) is 5.84. The van der Waals surface area contributed by atoms with E-state index in [-0.39, 0.29) is 0 Å². The molecule has 0 saturated heterocycles. The van der Waals surface area contributed by atoms with Gasteiger partial charge in [-0.15, -0.1) is 0 Å². The van der Waals surface area contributed by atoms with Crippen LogP contribution in [0.25, 0.3) is 0 Å². The molecule has 20 heavy (non-hydrogen) atoms. The Morgan fingerprint density at radius 2 is 2.05 bits per heavy atom. The van der Waals surface area contributed by atoms with E-state index in [0.717, 1.165) is 41.4 Å². The van der Waals surface area contributed by atoms with Crippen LogP contribution in [0.1, 0.15) is 24.5 Å². The molecule has 2 rings (SSSR count). The first-order valence-electron chi connectivity index (χ1n) is 6.81. The van der Waals surface area contributed by atoms with E-state index in [1.807, 2.05) is 30.3 Å². The summed E-state index contributed by atoms with van der Waals surface area (Å²) in [5.41, 5.74) is 2.09. The molecule has 0 aliphatic heterocycles. The summed E-state index contributed by atoms with van der Waals surface area (Å²) < 4.78 is 5.85. The van der Waals surface area contributed by atoms with Gasteiger partial charge in [0.25, 0.3) is 0 Å². The number of pyridine rings is 1. The van der Waals surface area contributed by atoms with Crippen molar-refractivity contribution in [3.05, 3.63) is 58.9 Å². The van der Waals surface area contributed by atoms with Crippen LogP contribution in [0.3, 0.4) is 0 Å². The van der Waals surface area contributed by atoms with Crippen LogP contribution < -0.4 is 10.1 Å². The number of ether oxygens (including phenoxy) is 1. The van der Waals surface area contributed by atoms with Crippen molar-refractivity contribution >= 4 is 11.6 Å². The van der Waals surface area contributed by atoms with Gasteiger partial charge in [-0.3, -0.25) is 4.98 Å². The predicted molar refractivity (Wildman–Crippen MR) is 82.0 cm³/mol. The summed E-state index contributed by atoms with van der Waals surface area (Å²) in [6, 6.07) is 9.68. The third kappa shape index (κ3) is 4.22. The number of rotatable bonds is 7. The van der Waals surface area contributed by atoms with Crippen LogP contribution in [0.5, 0.6) is 5.75 Å². The Labute approximate surface area is 124 Å². The van der Waals surface area contributed by atoms with Gasteiger partial charge < -0.3 is 10.1 Å². The fraction of sp³-hybridized carbons (Fsp3) is 0.312. The summed E-state index contributed by atoms with van der Waals surface area (Å²) >= 11 is 6.12. The van der Waals surface area contributed by atoms with E-state index in [1.54, 1.807) is 12.4 Å². The Morgan fingerprint density at radius 3 is 2.85 bits per heavy atom. The van der Waals surface area contributed by atoms with Crippen molar-refractivity contribution in [2.45, 2.75) is 26.5 Å². The van der Waals surface area contributed by atoms with Gasteiger partial charge in [-0.1, -0.05) is 36.7 Å². The SMILES string of the molecule is CCCNCc1ccncc1OCc1ccccc1Cl. The molecule has 1 heterocycles. The van der Waals surface area contributed by atoms with Crippen molar-refractivity contribution in [3.8, 4) is 5.75 Å². The Balaban J connectivity index is 2.00. The second-order valence-corrected chi connectivity index (χ2v) is 4.95. The highest BCUT2D eigenvalue weighted by Crippen LogP contribution is 2.21. The number of nitrogens with zero attached hydrogens (tertiary/aromatic N) is 1. The summed E-state index contributed by atoms with van der Waals surface area (Å²) in [5.74, 6) is 0.802. The van der Waals surface area contributed by atoms with Gasteiger partial charge >= 0.3 is 0 Å². The molecule has 0 bridgehead atoms. The molecule has 0 unspecified atom stereocenters. The van der Waals surface area contributed by atoms with Gasteiger partial charge in [-0.2, -0.15) is 0 Å². The van der Waals surface area contributed by atoms with Gasteiger partial charge in [-0.25, -0.2) is 0 Å². The van der Waals surface area contributed by atoms with Crippen molar-refractivity contribution in [2.24, 2.45) is 0 Å². The molecule has 0 amide bonds. The van der Waals surface area contributed by atoms with Gasteiger partial charge in [0.2, 0.25) is 0 Å². The Bertz CT molecular complexity index is 546. The van der Waals surface area contributed by atoms with Crippen molar-refractivity contribution in [1.82, 2.24) is 10.3 Å². The zero-order valence-corrected chi connectivity index (χ0v) is 12.4. The van der Waals surface area contributed by atoms with E-state index in [9.17, 15) is 0 Å². The molecule has 1 aromatic carbocycles. The Hall–Kier alpha value is -1.58. The fourth-order valence-corrected chi connectivity index (χ4v) is 2.05. The highest BCUT2D eigenvalue weighted by Gasteiger charge is 2.05. The minimum absolute atomic E-state index is 0.451. The molecule has 3 nitrogen and oxygen atoms in total. The summed E-state index contributed by atoms with van der Waals surface area (Å²) in [5, 5.41) is 4.09. The lowest BCUT2D eigenvalue weighted by Gasteiger charge is -2.12. The second-order valence-electron chi connectivity index (χ2n) is 4.54. The zero-order valence-electron chi connectivity index (χ0n) is 11.6. The highest BCUT2D eigenvalue weighted by atomic mass is 35.5. The highest BCUT2D eigenvalue weighted by molar-refractivity contribution is 6.31. The van der Waals surface area contributed by atoms with Gasteiger partial charge in [0.1, 0.15) is 12.4 Å². The summed E-state index contributed by atoms with van der Waals surface area (Å²) in [7, 11) is 0. The molecule has 0 fully saturated rings. The van der Waals surface area contributed by atoms with E-state index in [4.69, 9.17) is 16.3 Å². The zero-order chi connectivity index (χ0) is 14.2. The molecular weight excluding hydrogens is 272 g/mol. The first-order chi connectivity index (χ1) is 9.81. The van der Waals surface area contributed by atoms with E-state index >= 15 is 0 Å². The van der Waals surface area contributed by atoms with Crippen LogP contribution in [-0.4, -0.2) is 11.5 Å². The average Bonchev–Trinajstić information content (AvgIpc) is 2.48. The van der Waals surface area contributed by atoms with E-state index in [2.05, 4.69) is 17.2 Å². The normalized spacial score (nSPS) is 10.5. The largest absolute Gasteiger partial charge is 0.487 e. The standard InChI is InChI=1S/C16H19ClN2O/c1-2-8-18-10-13-7-9-19-11-16(13)20-12-14-5-3-4-6-15(14)17/h3-7,9,11,18H,2,8,10,12H2,1H3. The van der Waals surface area contributed by atoms with Crippen LogP contribution >= 0.6 is 11.6 Å². The van der Waals surface area contributed by atoms with Gasteiger partial charge in [0.15, 0.2) is 0 Å². The molecule has 0 saturated carbocycles. The minimum atomic E-state index is 0.451. The number of benzene rings is 1. The van der Waals surface area contributed by atoms with Gasteiger partial charge in [0, 0.05) is 28.9 Å². The molecular formula is C16H19ClN2O. The van der Waals surface area contributed by atoms with Gasteiger partial charge in [-0.05, 0) is 25.1 Å². The van der Waals surface area contributed by atoms with E-state index in [1.165, 1.54) is 0 Å². The maximum atomic E-state index is 6.12. The number of nitrogens with one attached hydrogen (secondary N) is 1. The van der Waals surface area contributed by atoms with E-state index in [0.29, 0.717) is 6.61 Å². The maximum Gasteiger partial charge on any atom is 0.142 e. The third-order valence-electron chi connectivity index (χ3n) is 2.95. The number of hydrogen-bond donors (Lipinski definition) is 1. The fourth-order valence-electron chi connectivity index (χ4n) is 1.86. The lowest BCUT2D eigenvalue weighted by Crippen LogP contribution is -2.14. The number of halogens is 1. The van der Waals surface area contributed by atoms with Crippen LogP contribution in [-0.2, 0) is 13.2 Å². The van der Waals surface area contributed by atoms with Crippen molar-refractivity contribution in [2.75, 3.05) is 6.54 Å². The minimum Gasteiger partial charge on any atom is -0.487 e. The predicted octanol–water partition coefficient (Wildman–Crippen LogP) is 3.81. The van der Waals surface area contributed by atoms with Crippen LogP contribution in [0.15, 0.2) is 42.7 Å². The summed E-state index contributed by atoms with van der Waals surface area (Å²) in [6.07, 6.45) is 4.64. The molecule has 0 radical (unpaired) electrons. The van der Waals surface area contributed by atoms with Crippen molar-refractivity contribution in [1.29, 1.82) is 0 Å². The molecule has 0 aliphatic rings. The summed E-state index contributed by atoms with van der Waals surface area (Å²) in [4.78, 5) is 4.12. The van der Waals surface area contributed by atoms with Crippen LogP contribution in [0.2, 0.25) is 5.02 Å². The van der Waals surface area contributed by atoms with Crippen molar-refractivity contribution in [3.63, 3.8) is 0 Å². The quantitative estimate of drug-likeness (QED) is 0.787. The number of aromatic nitrogens is 1. The van der Waals surface area contributed by atoms with Gasteiger partial charge in [0.05, 0.1) is 6.20 Å². The first kappa shape index (κ1) is 14.8. The lowest BCUT2D eigenvalue weighted by molar-refractivity contribution is 0.301. The van der Waals surface area contributed by atoms with Crippen LogP contribution in [0.4, 0.5) is 0 Å². The molecule has 106 valence electrons. The molecule has 0 aliphatic carbocycles. The average molecular weight is 291 g/mol. The van der Waals surface area contributed by atoms with Crippen LogP contribution in [0, 0.1) is 0 Å².